The number of aliphatic hydroxyl groups excluding tert-OH is 1. The summed E-state index contributed by atoms with van der Waals surface area (Å²) < 4.78 is 55.7. The highest BCUT2D eigenvalue weighted by molar-refractivity contribution is 5.28. The van der Waals surface area contributed by atoms with Gasteiger partial charge in [-0.2, -0.15) is 13.2 Å². The Morgan fingerprint density at radius 3 is 2.16 bits per heavy atom. The predicted octanol–water partition coefficient (Wildman–Crippen LogP) is 3.55. The van der Waals surface area contributed by atoms with E-state index in [9.17, 15) is 22.7 Å². The van der Waals surface area contributed by atoms with E-state index >= 15 is 0 Å². The standard InChI is InChI=1S/C13H16F4O2/c1-7(2)12(19-3)11(18)8-4-5-9(10(14)6-8)13(15,16)17/h4-7,11-12,18H,1-3H3. The Morgan fingerprint density at radius 2 is 1.79 bits per heavy atom. The summed E-state index contributed by atoms with van der Waals surface area (Å²) in [5, 5.41) is 10.00. The first kappa shape index (κ1) is 15.9. The van der Waals surface area contributed by atoms with E-state index in [0.717, 1.165) is 6.07 Å². The average Bonchev–Trinajstić information content (AvgIpc) is 2.27. The maximum absolute atomic E-state index is 13.4. The lowest BCUT2D eigenvalue weighted by molar-refractivity contribution is -0.140. The van der Waals surface area contributed by atoms with Crippen LogP contribution in [0.25, 0.3) is 0 Å². The molecular formula is C13H16F4O2. The lowest BCUT2D eigenvalue weighted by Gasteiger charge is -2.25. The molecule has 1 aromatic rings. The van der Waals surface area contributed by atoms with Gasteiger partial charge in [0.05, 0.1) is 11.7 Å². The van der Waals surface area contributed by atoms with Crippen molar-refractivity contribution >= 4 is 0 Å². The summed E-state index contributed by atoms with van der Waals surface area (Å²) in [4.78, 5) is 0. The molecule has 1 rings (SSSR count). The molecule has 0 aliphatic carbocycles. The van der Waals surface area contributed by atoms with Gasteiger partial charge in [-0.1, -0.05) is 19.9 Å². The number of methoxy groups -OCH3 is 1. The van der Waals surface area contributed by atoms with E-state index in [2.05, 4.69) is 0 Å². The molecule has 6 heteroatoms. The van der Waals surface area contributed by atoms with Crippen molar-refractivity contribution in [3.05, 3.63) is 35.1 Å². The molecule has 2 nitrogen and oxygen atoms in total. The number of ether oxygens (including phenoxy) is 1. The molecular weight excluding hydrogens is 264 g/mol. The van der Waals surface area contributed by atoms with E-state index in [4.69, 9.17) is 4.74 Å². The van der Waals surface area contributed by atoms with Gasteiger partial charge in [-0.15, -0.1) is 0 Å². The fraction of sp³-hybridized carbons (Fsp3) is 0.538. The largest absolute Gasteiger partial charge is 0.419 e. The zero-order valence-electron chi connectivity index (χ0n) is 10.8. The van der Waals surface area contributed by atoms with Gasteiger partial charge < -0.3 is 9.84 Å². The Hall–Kier alpha value is -1.14. The molecule has 0 aromatic heterocycles. The van der Waals surface area contributed by atoms with Gasteiger partial charge in [0.15, 0.2) is 0 Å². The van der Waals surface area contributed by atoms with Gasteiger partial charge in [0.2, 0.25) is 0 Å². The van der Waals surface area contributed by atoms with E-state index in [-0.39, 0.29) is 11.5 Å². The Labute approximate surface area is 109 Å². The zero-order valence-corrected chi connectivity index (χ0v) is 10.8. The van der Waals surface area contributed by atoms with Gasteiger partial charge >= 0.3 is 6.18 Å². The second-order valence-corrected chi connectivity index (χ2v) is 4.63. The molecule has 1 N–H and O–H groups in total. The minimum atomic E-state index is -4.74. The van der Waals surface area contributed by atoms with Crippen LogP contribution in [0.1, 0.15) is 31.1 Å². The maximum atomic E-state index is 13.4. The quantitative estimate of drug-likeness (QED) is 0.855. The number of benzene rings is 1. The highest BCUT2D eigenvalue weighted by Gasteiger charge is 2.34. The first-order chi connectivity index (χ1) is 8.68. The number of alkyl halides is 3. The van der Waals surface area contributed by atoms with Gasteiger partial charge in [0.25, 0.3) is 0 Å². The number of rotatable bonds is 4. The van der Waals surface area contributed by atoms with Crippen LogP contribution in [0.3, 0.4) is 0 Å². The van der Waals surface area contributed by atoms with Gasteiger partial charge in [0, 0.05) is 7.11 Å². The molecule has 0 fully saturated rings. The van der Waals surface area contributed by atoms with Crippen molar-refractivity contribution in [3.8, 4) is 0 Å². The molecule has 0 radical (unpaired) electrons. The number of aliphatic hydroxyl groups is 1. The van der Waals surface area contributed by atoms with Crippen LogP contribution in [-0.2, 0) is 10.9 Å². The summed E-state index contributed by atoms with van der Waals surface area (Å²) in [6.07, 6.45) is -6.54. The summed E-state index contributed by atoms with van der Waals surface area (Å²) in [5.74, 6) is -1.46. The fourth-order valence-corrected chi connectivity index (χ4v) is 1.90. The van der Waals surface area contributed by atoms with Crippen molar-refractivity contribution in [1.82, 2.24) is 0 Å². The van der Waals surface area contributed by atoms with Crippen LogP contribution in [0.4, 0.5) is 17.6 Å². The molecule has 0 heterocycles. The van der Waals surface area contributed by atoms with Crippen molar-refractivity contribution < 1.29 is 27.4 Å². The third kappa shape index (κ3) is 3.67. The fourth-order valence-electron chi connectivity index (χ4n) is 1.90. The van der Waals surface area contributed by atoms with Crippen molar-refractivity contribution in [2.45, 2.75) is 32.2 Å². The number of halogens is 4. The zero-order chi connectivity index (χ0) is 14.8. The Balaban J connectivity index is 3.07. The van der Waals surface area contributed by atoms with Crippen LogP contribution in [0.15, 0.2) is 18.2 Å². The van der Waals surface area contributed by atoms with Gasteiger partial charge in [0.1, 0.15) is 11.9 Å². The normalized spacial score (nSPS) is 15.6. The molecule has 0 spiro atoms. The first-order valence-electron chi connectivity index (χ1n) is 5.76. The SMILES string of the molecule is COC(C(C)C)C(O)c1ccc(C(F)(F)F)c(F)c1. The third-order valence-corrected chi connectivity index (χ3v) is 2.88. The van der Waals surface area contributed by atoms with Crippen molar-refractivity contribution in [1.29, 1.82) is 0 Å². The minimum absolute atomic E-state index is 0.0612. The molecule has 0 aliphatic rings. The molecule has 108 valence electrons. The van der Waals surface area contributed by atoms with E-state index in [1.54, 1.807) is 13.8 Å². The van der Waals surface area contributed by atoms with E-state index in [1.807, 2.05) is 0 Å². The lowest BCUT2D eigenvalue weighted by atomic mass is 9.95. The maximum Gasteiger partial charge on any atom is 0.419 e. The van der Waals surface area contributed by atoms with Gasteiger partial charge in [-0.3, -0.25) is 0 Å². The summed E-state index contributed by atoms with van der Waals surface area (Å²) in [6.45, 7) is 3.58. The summed E-state index contributed by atoms with van der Waals surface area (Å²) in [6, 6.07) is 2.38. The van der Waals surface area contributed by atoms with Gasteiger partial charge in [-0.05, 0) is 23.6 Å². The highest BCUT2D eigenvalue weighted by Crippen LogP contribution is 2.33. The molecule has 0 aliphatic heterocycles. The second-order valence-electron chi connectivity index (χ2n) is 4.63. The van der Waals surface area contributed by atoms with Crippen molar-refractivity contribution in [2.24, 2.45) is 5.92 Å². The predicted molar refractivity (Wildman–Crippen MR) is 62.0 cm³/mol. The molecule has 19 heavy (non-hydrogen) atoms. The molecule has 0 bridgehead atoms. The molecule has 2 atom stereocenters. The smallest absolute Gasteiger partial charge is 0.386 e. The molecule has 1 aromatic carbocycles. The number of hydrogen-bond acceptors (Lipinski definition) is 2. The van der Waals surface area contributed by atoms with E-state index in [0.29, 0.717) is 12.1 Å². The van der Waals surface area contributed by atoms with Crippen LogP contribution in [0.2, 0.25) is 0 Å². The van der Waals surface area contributed by atoms with E-state index in [1.165, 1.54) is 7.11 Å². The van der Waals surface area contributed by atoms with E-state index < -0.39 is 29.8 Å². The Morgan fingerprint density at radius 1 is 1.21 bits per heavy atom. The van der Waals surface area contributed by atoms with Gasteiger partial charge in [-0.25, -0.2) is 4.39 Å². The molecule has 0 saturated heterocycles. The lowest BCUT2D eigenvalue weighted by Crippen LogP contribution is -2.26. The third-order valence-electron chi connectivity index (χ3n) is 2.88. The van der Waals surface area contributed by atoms with Crippen LogP contribution in [0, 0.1) is 11.7 Å². The first-order valence-corrected chi connectivity index (χ1v) is 5.76. The monoisotopic (exact) mass is 280 g/mol. The van der Waals surface area contributed by atoms with Crippen molar-refractivity contribution in [2.75, 3.05) is 7.11 Å². The van der Waals surface area contributed by atoms with Crippen LogP contribution in [0.5, 0.6) is 0 Å². The summed E-state index contributed by atoms with van der Waals surface area (Å²) in [5.41, 5.74) is -1.28. The van der Waals surface area contributed by atoms with Crippen LogP contribution >= 0.6 is 0 Å². The Kier molecular flexibility index (Phi) is 4.92. The second kappa shape index (κ2) is 5.88. The molecule has 0 amide bonds. The Bertz CT molecular complexity index is 429. The average molecular weight is 280 g/mol. The number of hydrogen-bond donors (Lipinski definition) is 1. The van der Waals surface area contributed by atoms with Crippen LogP contribution < -0.4 is 0 Å². The van der Waals surface area contributed by atoms with Crippen LogP contribution in [-0.4, -0.2) is 18.3 Å². The summed E-state index contributed by atoms with van der Waals surface area (Å²) in [7, 11) is 1.38. The molecule has 0 saturated carbocycles. The highest BCUT2D eigenvalue weighted by atomic mass is 19.4. The topological polar surface area (TPSA) is 29.5 Å². The molecule has 2 unspecified atom stereocenters. The van der Waals surface area contributed by atoms with Crippen molar-refractivity contribution in [3.63, 3.8) is 0 Å². The summed E-state index contributed by atoms with van der Waals surface area (Å²) >= 11 is 0. The minimum Gasteiger partial charge on any atom is -0.386 e.